The van der Waals surface area contributed by atoms with E-state index < -0.39 is 11.9 Å². The van der Waals surface area contributed by atoms with Gasteiger partial charge in [0.25, 0.3) is 0 Å². The van der Waals surface area contributed by atoms with Crippen LogP contribution >= 0.6 is 15.9 Å². The molecule has 0 unspecified atom stereocenters. The molecule has 2 aromatic rings. The van der Waals surface area contributed by atoms with Crippen molar-refractivity contribution in [1.82, 2.24) is 9.78 Å². The molecule has 1 aromatic carbocycles. The molecule has 0 aliphatic carbocycles. The van der Waals surface area contributed by atoms with Gasteiger partial charge in [0.1, 0.15) is 0 Å². The monoisotopic (exact) mass is 319 g/mol. The Morgan fingerprint density at radius 1 is 1.28 bits per heavy atom. The average Bonchev–Trinajstić information content (AvgIpc) is 2.72. The number of halogens is 4. The lowest BCUT2D eigenvalue weighted by Gasteiger charge is -2.05. The van der Waals surface area contributed by atoms with Crippen LogP contribution in [0.4, 0.5) is 18.9 Å². The highest BCUT2D eigenvalue weighted by atomic mass is 79.9. The fourth-order valence-corrected chi connectivity index (χ4v) is 1.73. The maximum Gasteiger partial charge on any atom is 0.435 e. The molecule has 0 saturated carbocycles. The quantitative estimate of drug-likeness (QED) is 0.863. The topological polar surface area (TPSA) is 43.8 Å². The van der Waals surface area contributed by atoms with Crippen molar-refractivity contribution in [3.8, 4) is 0 Å². The number of nitrogen functional groups attached to an aromatic ring is 1. The molecule has 0 spiro atoms. The Labute approximate surface area is 110 Å². The van der Waals surface area contributed by atoms with Gasteiger partial charge in [-0.25, -0.2) is 0 Å². The predicted octanol–water partition coefficient (Wildman–Crippen LogP) is 3.29. The summed E-state index contributed by atoms with van der Waals surface area (Å²) in [5.41, 5.74) is 6.12. The van der Waals surface area contributed by atoms with E-state index in [1.807, 2.05) is 0 Å². The average molecular weight is 320 g/mol. The van der Waals surface area contributed by atoms with Gasteiger partial charge in [-0.15, -0.1) is 0 Å². The lowest BCUT2D eigenvalue weighted by atomic mass is 10.2. The highest BCUT2D eigenvalue weighted by molar-refractivity contribution is 9.10. The van der Waals surface area contributed by atoms with E-state index in [0.29, 0.717) is 5.69 Å². The van der Waals surface area contributed by atoms with Gasteiger partial charge in [-0.2, -0.15) is 18.3 Å². The van der Waals surface area contributed by atoms with Crippen molar-refractivity contribution >= 4 is 21.6 Å². The number of nitrogens with two attached hydrogens (primary N) is 1. The van der Waals surface area contributed by atoms with Crippen molar-refractivity contribution in [1.29, 1.82) is 0 Å². The Morgan fingerprint density at radius 3 is 2.56 bits per heavy atom. The second kappa shape index (κ2) is 4.64. The SMILES string of the molecule is Nc1cc(Cn2ccc(C(F)(F)F)n2)ccc1Br. The zero-order chi connectivity index (χ0) is 13.3. The minimum absolute atomic E-state index is 0.244. The van der Waals surface area contributed by atoms with Gasteiger partial charge in [0.05, 0.1) is 6.54 Å². The molecule has 18 heavy (non-hydrogen) atoms. The molecule has 7 heteroatoms. The Morgan fingerprint density at radius 2 is 2.00 bits per heavy atom. The molecule has 0 bridgehead atoms. The van der Waals surface area contributed by atoms with Gasteiger partial charge < -0.3 is 5.73 Å². The van der Waals surface area contributed by atoms with Crippen molar-refractivity contribution in [3.05, 3.63) is 46.2 Å². The number of hydrogen-bond donors (Lipinski definition) is 1. The molecule has 2 rings (SSSR count). The van der Waals surface area contributed by atoms with Gasteiger partial charge in [0.15, 0.2) is 5.69 Å². The summed E-state index contributed by atoms with van der Waals surface area (Å²) in [7, 11) is 0. The van der Waals surface area contributed by atoms with Crippen LogP contribution in [-0.2, 0) is 12.7 Å². The molecule has 0 aliphatic heterocycles. The first-order chi connectivity index (χ1) is 8.36. The van der Waals surface area contributed by atoms with Gasteiger partial charge in [-0.3, -0.25) is 4.68 Å². The Bertz CT molecular complexity index is 563. The molecule has 0 amide bonds. The number of anilines is 1. The molecule has 3 nitrogen and oxygen atoms in total. The second-order valence-electron chi connectivity index (χ2n) is 3.75. The maximum atomic E-state index is 12.4. The smallest absolute Gasteiger partial charge is 0.398 e. The summed E-state index contributed by atoms with van der Waals surface area (Å²) in [5, 5.41) is 3.47. The van der Waals surface area contributed by atoms with Crippen LogP contribution < -0.4 is 5.73 Å². The number of hydrogen-bond acceptors (Lipinski definition) is 2. The molecule has 2 N–H and O–H groups in total. The first-order valence-electron chi connectivity index (χ1n) is 5.01. The van der Waals surface area contributed by atoms with Gasteiger partial charge in [0, 0.05) is 16.4 Å². The van der Waals surface area contributed by atoms with Crippen molar-refractivity contribution in [2.24, 2.45) is 0 Å². The van der Waals surface area contributed by atoms with E-state index in [2.05, 4.69) is 21.0 Å². The summed E-state index contributed by atoms with van der Waals surface area (Å²) in [6, 6.07) is 6.16. The zero-order valence-electron chi connectivity index (χ0n) is 9.08. The van der Waals surface area contributed by atoms with E-state index in [1.54, 1.807) is 18.2 Å². The standard InChI is InChI=1S/C11H9BrF3N3/c12-8-2-1-7(5-9(8)16)6-18-4-3-10(17-18)11(13,14)15/h1-5H,6,16H2. The minimum atomic E-state index is -4.41. The Balaban J connectivity index is 2.19. The molecule has 0 atom stereocenters. The largest absolute Gasteiger partial charge is 0.435 e. The summed E-state index contributed by atoms with van der Waals surface area (Å²) >= 11 is 3.25. The molecule has 0 radical (unpaired) electrons. The van der Waals surface area contributed by atoms with Crippen LogP contribution in [0.2, 0.25) is 0 Å². The van der Waals surface area contributed by atoms with Crippen LogP contribution in [-0.4, -0.2) is 9.78 Å². The van der Waals surface area contributed by atoms with E-state index in [1.165, 1.54) is 10.9 Å². The van der Waals surface area contributed by atoms with Gasteiger partial charge >= 0.3 is 6.18 Å². The van der Waals surface area contributed by atoms with Crippen LogP contribution in [0, 0.1) is 0 Å². The highest BCUT2D eigenvalue weighted by Crippen LogP contribution is 2.27. The maximum absolute atomic E-state index is 12.4. The summed E-state index contributed by atoms with van der Waals surface area (Å²) < 4.78 is 39.0. The molecule has 0 aliphatic rings. The fraction of sp³-hybridized carbons (Fsp3) is 0.182. The van der Waals surface area contributed by atoms with E-state index in [9.17, 15) is 13.2 Å². The van der Waals surface area contributed by atoms with Crippen LogP contribution in [0.15, 0.2) is 34.9 Å². The molecule has 1 aromatic heterocycles. The summed E-state index contributed by atoms with van der Waals surface area (Å²) in [5.74, 6) is 0. The molecule has 0 fully saturated rings. The molecular weight excluding hydrogens is 311 g/mol. The lowest BCUT2D eigenvalue weighted by molar-refractivity contribution is -0.141. The third-order valence-electron chi connectivity index (χ3n) is 2.34. The van der Waals surface area contributed by atoms with Crippen molar-refractivity contribution < 1.29 is 13.2 Å². The van der Waals surface area contributed by atoms with Crippen molar-refractivity contribution in [2.75, 3.05) is 5.73 Å². The molecular formula is C11H9BrF3N3. The van der Waals surface area contributed by atoms with E-state index in [-0.39, 0.29) is 6.54 Å². The zero-order valence-corrected chi connectivity index (χ0v) is 10.7. The van der Waals surface area contributed by atoms with Crippen LogP contribution in [0.1, 0.15) is 11.3 Å². The minimum Gasteiger partial charge on any atom is -0.398 e. The summed E-state index contributed by atoms with van der Waals surface area (Å²) in [6.07, 6.45) is -3.12. The number of alkyl halides is 3. The normalized spacial score (nSPS) is 11.8. The second-order valence-corrected chi connectivity index (χ2v) is 4.61. The van der Waals surface area contributed by atoms with Crippen LogP contribution in [0.3, 0.4) is 0 Å². The van der Waals surface area contributed by atoms with E-state index in [0.717, 1.165) is 16.1 Å². The fourth-order valence-electron chi connectivity index (χ4n) is 1.48. The van der Waals surface area contributed by atoms with E-state index in [4.69, 9.17) is 5.73 Å². The molecule has 0 saturated heterocycles. The third-order valence-corrected chi connectivity index (χ3v) is 3.06. The number of rotatable bonds is 2. The van der Waals surface area contributed by atoms with Crippen molar-refractivity contribution in [2.45, 2.75) is 12.7 Å². The van der Waals surface area contributed by atoms with E-state index >= 15 is 0 Å². The number of nitrogens with zero attached hydrogens (tertiary/aromatic N) is 2. The Kier molecular flexibility index (Phi) is 3.34. The predicted molar refractivity (Wildman–Crippen MR) is 64.9 cm³/mol. The Hall–Kier alpha value is -1.50. The van der Waals surface area contributed by atoms with Crippen LogP contribution in [0.25, 0.3) is 0 Å². The summed E-state index contributed by atoms with van der Waals surface area (Å²) in [4.78, 5) is 0. The number of benzene rings is 1. The highest BCUT2D eigenvalue weighted by Gasteiger charge is 2.33. The first kappa shape index (κ1) is 12.9. The summed E-state index contributed by atoms with van der Waals surface area (Å²) in [6.45, 7) is 0.244. The lowest BCUT2D eigenvalue weighted by Crippen LogP contribution is -2.08. The molecule has 96 valence electrons. The van der Waals surface area contributed by atoms with Gasteiger partial charge in [-0.1, -0.05) is 6.07 Å². The van der Waals surface area contributed by atoms with Crippen molar-refractivity contribution in [3.63, 3.8) is 0 Å². The first-order valence-corrected chi connectivity index (χ1v) is 5.80. The van der Waals surface area contributed by atoms with Crippen LogP contribution in [0.5, 0.6) is 0 Å². The molecule has 1 heterocycles. The van der Waals surface area contributed by atoms with Gasteiger partial charge in [-0.05, 0) is 39.7 Å². The third kappa shape index (κ3) is 2.84. The number of aromatic nitrogens is 2. The van der Waals surface area contributed by atoms with Gasteiger partial charge in [0.2, 0.25) is 0 Å².